The summed E-state index contributed by atoms with van der Waals surface area (Å²) in [7, 11) is -3.77. The zero-order valence-electron chi connectivity index (χ0n) is 7.58. The number of rotatable bonds is 5. The van der Waals surface area contributed by atoms with Gasteiger partial charge in [-0.15, -0.1) is 11.3 Å². The molecule has 0 aliphatic heterocycles. The van der Waals surface area contributed by atoms with E-state index in [1.54, 1.807) is 11.4 Å². The molecule has 1 atom stereocenters. The van der Waals surface area contributed by atoms with Crippen molar-refractivity contribution < 1.29 is 18.3 Å². The van der Waals surface area contributed by atoms with Crippen LogP contribution in [-0.2, 0) is 14.8 Å². The molecular formula is C7H10N2O4S2. The lowest BCUT2D eigenvalue weighted by Crippen LogP contribution is -2.45. The fourth-order valence-electron chi connectivity index (χ4n) is 0.861. The van der Waals surface area contributed by atoms with E-state index < -0.39 is 22.0 Å². The Morgan fingerprint density at radius 3 is 2.73 bits per heavy atom. The maximum absolute atomic E-state index is 11.5. The largest absolute Gasteiger partial charge is 0.480 e. The van der Waals surface area contributed by atoms with Gasteiger partial charge in [0.25, 0.3) is 10.0 Å². The smallest absolute Gasteiger partial charge is 0.323 e. The van der Waals surface area contributed by atoms with Crippen LogP contribution in [0.1, 0.15) is 0 Å². The highest BCUT2D eigenvalue weighted by Gasteiger charge is 2.24. The average Bonchev–Trinajstić information content (AvgIpc) is 2.67. The number of nitrogens with two attached hydrogens (primary N) is 1. The van der Waals surface area contributed by atoms with Crippen LogP contribution in [0.4, 0.5) is 0 Å². The second-order valence-electron chi connectivity index (χ2n) is 2.68. The molecule has 0 spiro atoms. The van der Waals surface area contributed by atoms with Crippen molar-refractivity contribution >= 4 is 27.3 Å². The van der Waals surface area contributed by atoms with Gasteiger partial charge in [-0.05, 0) is 11.4 Å². The molecule has 0 fully saturated rings. The fraction of sp³-hybridized carbons (Fsp3) is 0.286. The van der Waals surface area contributed by atoms with E-state index in [-0.39, 0.29) is 10.8 Å². The second kappa shape index (κ2) is 4.71. The molecule has 0 radical (unpaired) electrons. The van der Waals surface area contributed by atoms with Crippen molar-refractivity contribution in [2.75, 3.05) is 6.54 Å². The van der Waals surface area contributed by atoms with E-state index in [1.807, 2.05) is 4.72 Å². The van der Waals surface area contributed by atoms with Crippen LogP contribution in [0.3, 0.4) is 0 Å². The Bertz CT molecular complexity index is 426. The number of carbonyl (C=O) groups is 1. The molecule has 84 valence electrons. The Balaban J connectivity index is 2.86. The molecule has 1 rings (SSSR count). The molecule has 1 aromatic heterocycles. The van der Waals surface area contributed by atoms with E-state index in [0.29, 0.717) is 0 Å². The molecule has 8 heteroatoms. The van der Waals surface area contributed by atoms with Gasteiger partial charge >= 0.3 is 5.97 Å². The van der Waals surface area contributed by atoms with Crippen molar-refractivity contribution in [1.82, 2.24) is 4.72 Å². The third-order valence-electron chi connectivity index (χ3n) is 1.59. The summed E-state index contributed by atoms with van der Waals surface area (Å²) in [5, 5.41) is 10.2. The van der Waals surface area contributed by atoms with Crippen LogP contribution in [0.2, 0.25) is 0 Å². The molecule has 0 unspecified atom stereocenters. The summed E-state index contributed by atoms with van der Waals surface area (Å²) in [4.78, 5) is 10.6. The molecule has 0 amide bonds. The Labute approximate surface area is 90.8 Å². The summed E-state index contributed by atoms with van der Waals surface area (Å²) < 4.78 is 25.2. The molecule has 1 heterocycles. The first-order chi connectivity index (χ1) is 6.97. The maximum Gasteiger partial charge on any atom is 0.323 e. The van der Waals surface area contributed by atoms with Crippen LogP contribution in [0.5, 0.6) is 0 Å². The minimum absolute atomic E-state index is 0.0715. The SMILES string of the molecule is NC[C@H](NS(=O)(=O)c1cccs1)C(=O)O. The van der Waals surface area contributed by atoms with E-state index in [2.05, 4.69) is 0 Å². The van der Waals surface area contributed by atoms with E-state index in [0.717, 1.165) is 11.3 Å². The molecule has 0 aromatic carbocycles. The fourth-order valence-corrected chi connectivity index (χ4v) is 3.07. The zero-order chi connectivity index (χ0) is 11.5. The van der Waals surface area contributed by atoms with Gasteiger partial charge in [0.05, 0.1) is 0 Å². The number of carboxylic acids is 1. The number of aliphatic carboxylic acids is 1. The average molecular weight is 250 g/mol. The Kier molecular flexibility index (Phi) is 3.80. The Hall–Kier alpha value is -0.960. The lowest BCUT2D eigenvalue weighted by atomic mass is 10.3. The van der Waals surface area contributed by atoms with Gasteiger partial charge in [-0.1, -0.05) is 6.07 Å². The molecule has 1 aromatic rings. The highest BCUT2D eigenvalue weighted by molar-refractivity contribution is 7.91. The number of carboxylic acid groups (broad SMARTS) is 1. The monoisotopic (exact) mass is 250 g/mol. The van der Waals surface area contributed by atoms with Crippen LogP contribution >= 0.6 is 11.3 Å². The van der Waals surface area contributed by atoms with Crippen LogP contribution in [0, 0.1) is 0 Å². The predicted octanol–water partition coefficient (Wildman–Crippen LogP) is -0.562. The minimum Gasteiger partial charge on any atom is -0.480 e. The molecule has 15 heavy (non-hydrogen) atoms. The summed E-state index contributed by atoms with van der Waals surface area (Å²) in [5.41, 5.74) is 5.13. The number of sulfonamides is 1. The van der Waals surface area contributed by atoms with Crippen molar-refractivity contribution in [2.24, 2.45) is 5.73 Å². The van der Waals surface area contributed by atoms with E-state index in [1.165, 1.54) is 6.07 Å². The first-order valence-corrected chi connectivity index (χ1v) is 6.32. The van der Waals surface area contributed by atoms with Gasteiger partial charge < -0.3 is 10.8 Å². The highest BCUT2D eigenvalue weighted by atomic mass is 32.2. The van der Waals surface area contributed by atoms with Gasteiger partial charge in [0.2, 0.25) is 0 Å². The molecule has 0 bridgehead atoms. The highest BCUT2D eigenvalue weighted by Crippen LogP contribution is 2.15. The minimum atomic E-state index is -3.77. The van der Waals surface area contributed by atoms with E-state index >= 15 is 0 Å². The third-order valence-corrected chi connectivity index (χ3v) is 4.46. The van der Waals surface area contributed by atoms with Crippen molar-refractivity contribution in [2.45, 2.75) is 10.3 Å². The molecule has 0 aliphatic carbocycles. The summed E-state index contributed by atoms with van der Waals surface area (Å²) in [6.45, 7) is -0.292. The van der Waals surface area contributed by atoms with Gasteiger partial charge in [-0.25, -0.2) is 8.42 Å². The normalized spacial score (nSPS) is 13.7. The van der Waals surface area contributed by atoms with Crippen LogP contribution in [0.25, 0.3) is 0 Å². The van der Waals surface area contributed by atoms with Crippen molar-refractivity contribution in [3.05, 3.63) is 17.5 Å². The van der Waals surface area contributed by atoms with Crippen molar-refractivity contribution in [3.63, 3.8) is 0 Å². The van der Waals surface area contributed by atoms with Gasteiger partial charge in [-0.2, -0.15) is 4.72 Å². The van der Waals surface area contributed by atoms with Gasteiger partial charge in [0.15, 0.2) is 0 Å². The molecule has 4 N–H and O–H groups in total. The third kappa shape index (κ3) is 2.99. The van der Waals surface area contributed by atoms with Gasteiger partial charge in [0.1, 0.15) is 10.3 Å². The van der Waals surface area contributed by atoms with Crippen molar-refractivity contribution in [3.8, 4) is 0 Å². The molecular weight excluding hydrogens is 240 g/mol. The van der Waals surface area contributed by atoms with E-state index in [4.69, 9.17) is 10.8 Å². The lowest BCUT2D eigenvalue weighted by molar-refractivity contribution is -0.138. The van der Waals surface area contributed by atoms with Gasteiger partial charge in [0, 0.05) is 6.54 Å². The molecule has 0 saturated carbocycles. The number of thiophene rings is 1. The number of hydrogen-bond donors (Lipinski definition) is 3. The lowest BCUT2D eigenvalue weighted by Gasteiger charge is -2.11. The summed E-state index contributed by atoms with van der Waals surface area (Å²) in [6, 6.07) is 1.66. The standard InChI is InChI=1S/C7H10N2O4S2/c8-4-5(7(10)11)9-15(12,13)6-2-1-3-14-6/h1-3,5,9H,4,8H2,(H,10,11)/t5-/m0/s1. The Morgan fingerprint density at radius 1 is 1.67 bits per heavy atom. The maximum atomic E-state index is 11.5. The second-order valence-corrected chi connectivity index (χ2v) is 5.57. The van der Waals surface area contributed by atoms with Crippen LogP contribution < -0.4 is 10.5 Å². The molecule has 6 nitrogen and oxygen atoms in total. The van der Waals surface area contributed by atoms with Gasteiger partial charge in [-0.3, -0.25) is 4.79 Å². The topological polar surface area (TPSA) is 109 Å². The summed E-state index contributed by atoms with van der Waals surface area (Å²) in [6.07, 6.45) is 0. The van der Waals surface area contributed by atoms with Crippen LogP contribution in [-0.4, -0.2) is 32.1 Å². The summed E-state index contributed by atoms with van der Waals surface area (Å²) in [5.74, 6) is -1.29. The molecule has 0 saturated heterocycles. The quantitative estimate of drug-likeness (QED) is 0.649. The summed E-state index contributed by atoms with van der Waals surface area (Å²) >= 11 is 1.01. The zero-order valence-corrected chi connectivity index (χ0v) is 9.22. The number of nitrogens with one attached hydrogen (secondary N) is 1. The van der Waals surface area contributed by atoms with Crippen molar-refractivity contribution in [1.29, 1.82) is 0 Å². The Morgan fingerprint density at radius 2 is 2.33 bits per heavy atom. The predicted molar refractivity (Wildman–Crippen MR) is 55.1 cm³/mol. The number of hydrogen-bond acceptors (Lipinski definition) is 5. The van der Waals surface area contributed by atoms with E-state index in [9.17, 15) is 13.2 Å². The van der Waals surface area contributed by atoms with Crippen LogP contribution in [0.15, 0.2) is 21.7 Å². The first-order valence-electron chi connectivity index (χ1n) is 3.96. The first kappa shape index (κ1) is 12.1. The molecule has 0 aliphatic rings.